The SMILES string of the molecule is Cc1cc(OCCCN2CCN(C)CC2)c(Cl)c(C)c1Cl. The minimum Gasteiger partial charge on any atom is -0.492 e. The highest BCUT2D eigenvalue weighted by molar-refractivity contribution is 6.37. The monoisotopic (exact) mass is 330 g/mol. The van der Waals surface area contributed by atoms with Gasteiger partial charge in [-0.1, -0.05) is 23.2 Å². The molecule has 1 aliphatic rings. The molecule has 0 spiro atoms. The van der Waals surface area contributed by atoms with Gasteiger partial charge < -0.3 is 14.5 Å². The molecule has 118 valence electrons. The van der Waals surface area contributed by atoms with Crippen LogP contribution < -0.4 is 4.74 Å². The summed E-state index contributed by atoms with van der Waals surface area (Å²) < 4.78 is 5.84. The second-order valence-corrected chi connectivity index (χ2v) is 6.55. The van der Waals surface area contributed by atoms with Crippen LogP contribution in [0.15, 0.2) is 6.07 Å². The van der Waals surface area contributed by atoms with Gasteiger partial charge in [0.2, 0.25) is 0 Å². The van der Waals surface area contributed by atoms with E-state index in [-0.39, 0.29) is 0 Å². The zero-order valence-corrected chi connectivity index (χ0v) is 14.6. The maximum absolute atomic E-state index is 6.29. The van der Waals surface area contributed by atoms with Crippen LogP contribution in [0.2, 0.25) is 10.0 Å². The van der Waals surface area contributed by atoms with E-state index in [1.807, 2.05) is 19.9 Å². The van der Waals surface area contributed by atoms with Crippen molar-refractivity contribution < 1.29 is 4.74 Å². The van der Waals surface area contributed by atoms with E-state index in [0.29, 0.717) is 11.6 Å². The van der Waals surface area contributed by atoms with Crippen molar-refractivity contribution in [1.29, 1.82) is 0 Å². The fraction of sp³-hybridized carbons (Fsp3) is 0.625. The molecular formula is C16H24Cl2N2O. The van der Waals surface area contributed by atoms with E-state index in [2.05, 4.69) is 16.8 Å². The van der Waals surface area contributed by atoms with Gasteiger partial charge in [0.05, 0.1) is 11.6 Å². The Hall–Kier alpha value is -0.480. The molecule has 1 aliphatic heterocycles. The Bertz CT molecular complexity index is 486. The molecule has 3 nitrogen and oxygen atoms in total. The number of nitrogens with zero attached hydrogens (tertiary/aromatic N) is 2. The molecule has 1 fully saturated rings. The van der Waals surface area contributed by atoms with Crippen molar-refractivity contribution in [2.24, 2.45) is 0 Å². The molecule has 0 bridgehead atoms. The van der Waals surface area contributed by atoms with Crippen LogP contribution in [0.3, 0.4) is 0 Å². The predicted octanol–water partition coefficient (Wildman–Crippen LogP) is 3.63. The Morgan fingerprint density at radius 3 is 2.43 bits per heavy atom. The van der Waals surface area contributed by atoms with E-state index < -0.39 is 0 Å². The van der Waals surface area contributed by atoms with Crippen LogP contribution in [0.5, 0.6) is 5.75 Å². The lowest BCUT2D eigenvalue weighted by Gasteiger charge is -2.32. The number of hydrogen-bond acceptors (Lipinski definition) is 3. The Labute approximate surface area is 137 Å². The lowest BCUT2D eigenvalue weighted by molar-refractivity contribution is 0.145. The Balaban J connectivity index is 1.79. The van der Waals surface area contributed by atoms with E-state index in [0.717, 1.165) is 61.0 Å². The zero-order chi connectivity index (χ0) is 15.4. The fourth-order valence-electron chi connectivity index (χ4n) is 2.55. The summed E-state index contributed by atoms with van der Waals surface area (Å²) >= 11 is 12.5. The average molecular weight is 331 g/mol. The maximum atomic E-state index is 6.29. The molecule has 1 saturated heterocycles. The summed E-state index contributed by atoms with van der Waals surface area (Å²) in [5.74, 6) is 0.745. The molecule has 0 unspecified atom stereocenters. The molecule has 21 heavy (non-hydrogen) atoms. The van der Waals surface area contributed by atoms with E-state index in [9.17, 15) is 0 Å². The van der Waals surface area contributed by atoms with Crippen LogP contribution in [-0.2, 0) is 0 Å². The van der Waals surface area contributed by atoms with Gasteiger partial charge in [-0.3, -0.25) is 0 Å². The molecule has 0 radical (unpaired) electrons. The minimum atomic E-state index is 0.630. The highest BCUT2D eigenvalue weighted by Gasteiger charge is 2.14. The van der Waals surface area contributed by atoms with Gasteiger partial charge in [-0.2, -0.15) is 0 Å². The second kappa shape index (κ2) is 7.68. The van der Waals surface area contributed by atoms with Crippen LogP contribution in [0.25, 0.3) is 0 Å². The second-order valence-electron chi connectivity index (χ2n) is 5.79. The van der Waals surface area contributed by atoms with Gasteiger partial charge in [-0.25, -0.2) is 0 Å². The van der Waals surface area contributed by atoms with E-state index in [4.69, 9.17) is 27.9 Å². The smallest absolute Gasteiger partial charge is 0.138 e. The number of ether oxygens (including phenoxy) is 1. The molecule has 0 amide bonds. The first-order chi connectivity index (χ1) is 9.99. The summed E-state index contributed by atoms with van der Waals surface area (Å²) in [7, 11) is 2.17. The van der Waals surface area contributed by atoms with Crippen LogP contribution in [0.4, 0.5) is 0 Å². The maximum Gasteiger partial charge on any atom is 0.138 e. The Morgan fingerprint density at radius 2 is 1.76 bits per heavy atom. The van der Waals surface area contributed by atoms with E-state index in [1.165, 1.54) is 0 Å². The van der Waals surface area contributed by atoms with Gasteiger partial charge >= 0.3 is 0 Å². The van der Waals surface area contributed by atoms with E-state index in [1.54, 1.807) is 0 Å². The first-order valence-electron chi connectivity index (χ1n) is 7.48. The van der Waals surface area contributed by atoms with Crippen molar-refractivity contribution in [2.45, 2.75) is 20.3 Å². The largest absolute Gasteiger partial charge is 0.492 e. The molecule has 1 heterocycles. The molecule has 0 N–H and O–H groups in total. The van der Waals surface area contributed by atoms with Crippen LogP contribution in [0.1, 0.15) is 17.5 Å². The highest BCUT2D eigenvalue weighted by atomic mass is 35.5. The molecular weight excluding hydrogens is 307 g/mol. The third kappa shape index (κ3) is 4.49. The number of piperazine rings is 1. The summed E-state index contributed by atoms with van der Waals surface area (Å²) in [5, 5.41) is 1.36. The van der Waals surface area contributed by atoms with Gasteiger partial charge in [0.1, 0.15) is 5.75 Å². The Kier molecular flexibility index (Phi) is 6.18. The zero-order valence-electron chi connectivity index (χ0n) is 13.1. The van der Waals surface area contributed by atoms with Gasteiger partial charge in [-0.15, -0.1) is 0 Å². The van der Waals surface area contributed by atoms with Gasteiger partial charge in [0.25, 0.3) is 0 Å². The predicted molar refractivity (Wildman–Crippen MR) is 90.0 cm³/mol. The summed E-state index contributed by atoms with van der Waals surface area (Å²) in [6, 6.07) is 1.92. The summed E-state index contributed by atoms with van der Waals surface area (Å²) in [5.41, 5.74) is 1.90. The number of aryl methyl sites for hydroxylation is 1. The quantitative estimate of drug-likeness (QED) is 0.767. The third-order valence-corrected chi connectivity index (χ3v) is 5.09. The molecule has 1 aromatic rings. The molecule has 1 aromatic carbocycles. The lowest BCUT2D eigenvalue weighted by atomic mass is 10.1. The minimum absolute atomic E-state index is 0.630. The first-order valence-corrected chi connectivity index (χ1v) is 8.23. The molecule has 2 rings (SSSR count). The summed E-state index contributed by atoms with van der Waals surface area (Å²) in [6.07, 6.45) is 1.01. The van der Waals surface area contributed by atoms with E-state index >= 15 is 0 Å². The highest BCUT2D eigenvalue weighted by Crippen LogP contribution is 2.35. The first kappa shape index (κ1) is 16.9. The lowest BCUT2D eigenvalue weighted by Crippen LogP contribution is -2.44. The van der Waals surface area contributed by atoms with Crippen molar-refractivity contribution >= 4 is 23.2 Å². The average Bonchev–Trinajstić information content (AvgIpc) is 2.48. The van der Waals surface area contributed by atoms with Crippen LogP contribution in [-0.4, -0.2) is 56.2 Å². The number of rotatable bonds is 5. The van der Waals surface area contributed by atoms with Crippen molar-refractivity contribution in [3.8, 4) is 5.75 Å². The van der Waals surface area contributed by atoms with Crippen molar-refractivity contribution in [1.82, 2.24) is 9.80 Å². The Morgan fingerprint density at radius 1 is 1.10 bits per heavy atom. The van der Waals surface area contributed by atoms with Crippen molar-refractivity contribution in [2.75, 3.05) is 46.4 Å². The van der Waals surface area contributed by atoms with Gasteiger partial charge in [-0.05, 0) is 44.5 Å². The summed E-state index contributed by atoms with van der Waals surface area (Å²) in [6.45, 7) is 10.3. The van der Waals surface area contributed by atoms with Gasteiger partial charge in [0, 0.05) is 37.7 Å². The topological polar surface area (TPSA) is 15.7 Å². The van der Waals surface area contributed by atoms with Crippen molar-refractivity contribution in [3.63, 3.8) is 0 Å². The normalized spacial score (nSPS) is 17.2. The molecule has 0 saturated carbocycles. The fourth-order valence-corrected chi connectivity index (χ4v) is 2.95. The third-order valence-electron chi connectivity index (χ3n) is 4.04. The van der Waals surface area contributed by atoms with Crippen LogP contribution in [0, 0.1) is 13.8 Å². The summed E-state index contributed by atoms with van der Waals surface area (Å²) in [4.78, 5) is 4.86. The number of likely N-dealkylation sites (N-methyl/N-ethyl adjacent to an activating group) is 1. The standard InChI is InChI=1S/C16H24Cl2N2O/c1-12-11-14(16(18)13(2)15(12)17)21-10-4-5-20-8-6-19(3)7-9-20/h11H,4-10H2,1-3H3. The van der Waals surface area contributed by atoms with Crippen molar-refractivity contribution in [3.05, 3.63) is 27.2 Å². The number of hydrogen-bond donors (Lipinski definition) is 0. The number of halogens is 2. The molecule has 0 atom stereocenters. The van der Waals surface area contributed by atoms with Crippen LogP contribution >= 0.6 is 23.2 Å². The molecule has 0 aromatic heterocycles. The molecule has 5 heteroatoms. The molecule has 0 aliphatic carbocycles. The van der Waals surface area contributed by atoms with Gasteiger partial charge in [0.15, 0.2) is 0 Å². The number of benzene rings is 1.